The zero-order valence-electron chi connectivity index (χ0n) is 12.4. The molecule has 0 fully saturated rings. The van der Waals surface area contributed by atoms with Gasteiger partial charge in [0.2, 0.25) is 0 Å². The van der Waals surface area contributed by atoms with Gasteiger partial charge in [-0.25, -0.2) is 4.39 Å². The van der Waals surface area contributed by atoms with Crippen LogP contribution in [-0.2, 0) is 0 Å². The standard InChI is InChI=1S/C16H9FN4O4/c17-7-1-3-12-10(5-7)14(20-23)15(18-12)13-9-6-8(21(24)25)2-4-11(9)19-16(13)22/h1-6,18-19,22H. The van der Waals surface area contributed by atoms with Crippen LogP contribution in [0.3, 0.4) is 0 Å². The Morgan fingerprint density at radius 3 is 2.52 bits per heavy atom. The molecule has 0 atom stereocenters. The quantitative estimate of drug-likeness (QED) is 0.289. The SMILES string of the molecule is O=Nc1c(-c2c(O)[nH]c3ccc([N+](=O)[O-])cc23)[nH]c2ccc(F)cc12. The maximum Gasteiger partial charge on any atom is 0.270 e. The number of benzene rings is 2. The topological polar surface area (TPSA) is 124 Å². The Kier molecular flexibility index (Phi) is 3.04. The highest BCUT2D eigenvalue weighted by Gasteiger charge is 2.22. The third-order valence-corrected chi connectivity index (χ3v) is 4.05. The van der Waals surface area contributed by atoms with Crippen molar-refractivity contribution in [3.63, 3.8) is 0 Å². The number of aromatic nitrogens is 2. The third-order valence-electron chi connectivity index (χ3n) is 4.05. The molecule has 2 aromatic carbocycles. The second kappa shape index (κ2) is 5.13. The van der Waals surface area contributed by atoms with Gasteiger partial charge in [0.15, 0.2) is 5.88 Å². The lowest BCUT2D eigenvalue weighted by Crippen LogP contribution is -1.87. The summed E-state index contributed by atoms with van der Waals surface area (Å²) in [6.07, 6.45) is 0. The second-order valence-electron chi connectivity index (χ2n) is 5.47. The minimum absolute atomic E-state index is 0.0859. The van der Waals surface area contributed by atoms with E-state index in [0.717, 1.165) is 6.07 Å². The van der Waals surface area contributed by atoms with Gasteiger partial charge in [0.05, 0.1) is 16.2 Å². The normalized spacial score (nSPS) is 11.2. The van der Waals surface area contributed by atoms with Crippen LogP contribution >= 0.6 is 0 Å². The predicted octanol–water partition coefficient (Wildman–Crippen LogP) is 4.47. The van der Waals surface area contributed by atoms with Crippen molar-refractivity contribution in [2.75, 3.05) is 0 Å². The van der Waals surface area contributed by atoms with Crippen molar-refractivity contribution in [1.29, 1.82) is 0 Å². The van der Waals surface area contributed by atoms with Crippen LogP contribution in [0.4, 0.5) is 15.8 Å². The van der Waals surface area contributed by atoms with E-state index in [-0.39, 0.29) is 33.9 Å². The second-order valence-corrected chi connectivity index (χ2v) is 5.47. The van der Waals surface area contributed by atoms with Crippen molar-refractivity contribution in [2.24, 2.45) is 5.18 Å². The van der Waals surface area contributed by atoms with Gasteiger partial charge < -0.3 is 15.1 Å². The third kappa shape index (κ3) is 2.13. The number of H-pyrrole nitrogens is 2. The molecule has 9 heteroatoms. The minimum atomic E-state index is -0.563. The molecule has 0 spiro atoms. The Balaban J connectivity index is 2.09. The summed E-state index contributed by atoms with van der Waals surface area (Å²) in [6, 6.07) is 7.84. The molecule has 8 nitrogen and oxygen atoms in total. The summed E-state index contributed by atoms with van der Waals surface area (Å²) in [7, 11) is 0. The van der Waals surface area contributed by atoms with E-state index in [4.69, 9.17) is 0 Å². The number of aromatic amines is 2. The summed E-state index contributed by atoms with van der Waals surface area (Å²) in [6.45, 7) is 0. The number of halogens is 1. The average molecular weight is 340 g/mol. The number of hydrogen-bond donors (Lipinski definition) is 3. The van der Waals surface area contributed by atoms with Crippen molar-refractivity contribution in [3.05, 3.63) is 57.2 Å². The molecule has 2 aromatic heterocycles. The Hall–Kier alpha value is -3.75. The smallest absolute Gasteiger partial charge is 0.270 e. The zero-order valence-corrected chi connectivity index (χ0v) is 12.4. The zero-order chi connectivity index (χ0) is 17.7. The molecule has 4 rings (SSSR count). The fourth-order valence-electron chi connectivity index (χ4n) is 2.96. The molecule has 0 unspecified atom stereocenters. The first-order chi connectivity index (χ1) is 12.0. The molecule has 0 amide bonds. The molecule has 4 aromatic rings. The highest BCUT2D eigenvalue weighted by molar-refractivity contribution is 6.07. The molecule has 0 aliphatic rings. The van der Waals surface area contributed by atoms with Crippen LogP contribution in [-0.4, -0.2) is 20.0 Å². The number of nitrogens with zero attached hydrogens (tertiary/aromatic N) is 2. The van der Waals surface area contributed by atoms with Crippen LogP contribution in [0.1, 0.15) is 0 Å². The summed E-state index contributed by atoms with van der Waals surface area (Å²) < 4.78 is 13.5. The van der Waals surface area contributed by atoms with E-state index in [1.807, 2.05) is 0 Å². The lowest BCUT2D eigenvalue weighted by Gasteiger charge is -1.99. The number of aromatic hydroxyl groups is 1. The van der Waals surface area contributed by atoms with Crippen LogP contribution in [0.2, 0.25) is 0 Å². The van der Waals surface area contributed by atoms with E-state index in [1.54, 1.807) is 0 Å². The first kappa shape index (κ1) is 14.8. The van der Waals surface area contributed by atoms with E-state index >= 15 is 0 Å². The van der Waals surface area contributed by atoms with Crippen LogP contribution in [0.15, 0.2) is 41.6 Å². The summed E-state index contributed by atoms with van der Waals surface area (Å²) in [4.78, 5) is 27.4. The Morgan fingerprint density at radius 2 is 1.80 bits per heavy atom. The summed E-state index contributed by atoms with van der Waals surface area (Å²) in [5.41, 5.74) is 0.947. The van der Waals surface area contributed by atoms with Crippen LogP contribution < -0.4 is 0 Å². The molecule has 0 saturated carbocycles. The van der Waals surface area contributed by atoms with Crippen molar-refractivity contribution in [3.8, 4) is 17.1 Å². The molecule has 3 N–H and O–H groups in total. The van der Waals surface area contributed by atoms with Crippen molar-refractivity contribution in [2.45, 2.75) is 0 Å². The summed E-state index contributed by atoms with van der Waals surface area (Å²) in [5, 5.41) is 24.8. The fourth-order valence-corrected chi connectivity index (χ4v) is 2.96. The number of nitro groups is 1. The fraction of sp³-hybridized carbons (Fsp3) is 0. The molecular weight excluding hydrogens is 331 g/mol. The molecule has 0 saturated heterocycles. The van der Waals surface area contributed by atoms with Gasteiger partial charge in [-0.3, -0.25) is 10.1 Å². The summed E-state index contributed by atoms with van der Waals surface area (Å²) >= 11 is 0. The number of fused-ring (bicyclic) bond motifs is 2. The average Bonchev–Trinajstić information content (AvgIpc) is 3.09. The van der Waals surface area contributed by atoms with E-state index in [9.17, 15) is 24.5 Å². The van der Waals surface area contributed by atoms with Crippen molar-refractivity contribution in [1.82, 2.24) is 9.97 Å². The number of non-ortho nitro benzene ring substituents is 1. The van der Waals surface area contributed by atoms with E-state index < -0.39 is 10.7 Å². The van der Waals surface area contributed by atoms with Crippen LogP contribution in [0.5, 0.6) is 5.88 Å². The minimum Gasteiger partial charge on any atom is -0.494 e. The lowest BCUT2D eigenvalue weighted by molar-refractivity contribution is -0.384. The first-order valence-electron chi connectivity index (χ1n) is 7.13. The van der Waals surface area contributed by atoms with E-state index in [0.29, 0.717) is 16.4 Å². The van der Waals surface area contributed by atoms with Gasteiger partial charge in [0.25, 0.3) is 5.69 Å². The maximum atomic E-state index is 13.5. The first-order valence-corrected chi connectivity index (χ1v) is 7.13. The Morgan fingerprint density at radius 1 is 1.08 bits per heavy atom. The molecule has 0 bridgehead atoms. The number of hydrogen-bond acceptors (Lipinski definition) is 5. The molecule has 0 aliphatic heterocycles. The summed E-state index contributed by atoms with van der Waals surface area (Å²) in [5.74, 6) is -0.825. The highest BCUT2D eigenvalue weighted by Crippen LogP contribution is 2.44. The lowest BCUT2D eigenvalue weighted by atomic mass is 10.1. The van der Waals surface area contributed by atoms with E-state index in [2.05, 4.69) is 15.1 Å². The maximum absolute atomic E-state index is 13.5. The molecule has 124 valence electrons. The van der Waals surface area contributed by atoms with Gasteiger partial charge >= 0.3 is 0 Å². The van der Waals surface area contributed by atoms with Crippen LogP contribution in [0.25, 0.3) is 33.1 Å². The predicted molar refractivity (Wildman–Crippen MR) is 89.3 cm³/mol. The number of nitroso groups, excluding NO2 is 1. The monoisotopic (exact) mass is 340 g/mol. The van der Waals surface area contributed by atoms with Gasteiger partial charge in [0.1, 0.15) is 11.5 Å². The van der Waals surface area contributed by atoms with Crippen LogP contribution in [0, 0.1) is 20.8 Å². The molecule has 2 heterocycles. The van der Waals surface area contributed by atoms with Gasteiger partial charge in [-0.05, 0) is 29.4 Å². The Bertz CT molecular complexity index is 1180. The van der Waals surface area contributed by atoms with Crippen molar-refractivity contribution < 1.29 is 14.4 Å². The highest BCUT2D eigenvalue weighted by atomic mass is 19.1. The molecule has 25 heavy (non-hydrogen) atoms. The van der Waals surface area contributed by atoms with Gasteiger partial charge in [-0.2, -0.15) is 0 Å². The van der Waals surface area contributed by atoms with Gasteiger partial charge in [-0.1, -0.05) is 0 Å². The van der Waals surface area contributed by atoms with Crippen molar-refractivity contribution >= 4 is 33.2 Å². The molecule has 0 aliphatic carbocycles. The molecular formula is C16H9FN4O4. The van der Waals surface area contributed by atoms with E-state index in [1.165, 1.54) is 30.3 Å². The largest absolute Gasteiger partial charge is 0.494 e. The van der Waals surface area contributed by atoms with Gasteiger partial charge in [-0.15, -0.1) is 4.91 Å². The number of rotatable bonds is 3. The molecule has 0 radical (unpaired) electrons. The van der Waals surface area contributed by atoms with Gasteiger partial charge in [0, 0.05) is 33.9 Å². The number of nitrogens with one attached hydrogen (secondary N) is 2. The Labute approximate surface area is 138 Å². The number of nitro benzene ring substituents is 1.